The number of benzene rings is 6. The number of nitrogens with zero attached hydrogens (tertiary/aromatic N) is 1. The van der Waals surface area contributed by atoms with Crippen LogP contribution in [0.25, 0.3) is 0 Å². The highest BCUT2D eigenvalue weighted by molar-refractivity contribution is 6.97. The number of aryl methyl sites for hydroxylation is 3. The summed E-state index contributed by atoms with van der Waals surface area (Å²) in [5, 5.41) is 0. The molecule has 0 unspecified atom stereocenters. The molecule has 0 bridgehead atoms. The summed E-state index contributed by atoms with van der Waals surface area (Å²) in [6.45, 7) is 6.94. The Labute approximate surface area is 249 Å². The van der Waals surface area contributed by atoms with E-state index in [1.54, 1.807) is 0 Å². The fourth-order valence-electron chi connectivity index (χ4n) is 8.13. The Morgan fingerprint density at radius 1 is 0.476 bits per heavy atom. The van der Waals surface area contributed by atoms with Gasteiger partial charge in [0.15, 0.2) is 0 Å². The predicted octanol–water partition coefficient (Wildman–Crippen LogP) is 7.61. The highest BCUT2D eigenvalue weighted by Crippen LogP contribution is 2.57. The molecule has 42 heavy (non-hydrogen) atoms. The Kier molecular flexibility index (Phi) is 5.56. The van der Waals surface area contributed by atoms with Crippen molar-refractivity contribution in [3.63, 3.8) is 0 Å². The SMILES string of the molecule is Cc1cc(C)c(B2c3ccccc3C3(c4ccccc42)c2ccccc2N(c2ccccc2)c2ccccc23)c(C)c1. The molecule has 8 rings (SSSR count). The molecule has 6 aromatic carbocycles. The van der Waals surface area contributed by atoms with Crippen LogP contribution in [-0.4, -0.2) is 6.71 Å². The zero-order chi connectivity index (χ0) is 28.4. The van der Waals surface area contributed by atoms with Crippen LogP contribution in [0.3, 0.4) is 0 Å². The van der Waals surface area contributed by atoms with Crippen LogP contribution in [-0.2, 0) is 5.41 Å². The number of fused-ring (bicyclic) bond motifs is 8. The van der Waals surface area contributed by atoms with E-state index in [1.807, 2.05) is 0 Å². The fourth-order valence-corrected chi connectivity index (χ4v) is 8.13. The van der Waals surface area contributed by atoms with Crippen molar-refractivity contribution < 1.29 is 0 Å². The van der Waals surface area contributed by atoms with E-state index < -0.39 is 5.41 Å². The first-order valence-corrected chi connectivity index (χ1v) is 14.9. The van der Waals surface area contributed by atoms with Crippen molar-refractivity contribution in [3.8, 4) is 0 Å². The first-order chi connectivity index (χ1) is 20.6. The lowest BCUT2D eigenvalue weighted by atomic mass is 9.29. The Morgan fingerprint density at radius 2 is 0.905 bits per heavy atom. The zero-order valence-corrected chi connectivity index (χ0v) is 24.3. The summed E-state index contributed by atoms with van der Waals surface area (Å²) < 4.78 is 0. The second-order valence-corrected chi connectivity index (χ2v) is 11.9. The minimum atomic E-state index is -0.450. The second kappa shape index (κ2) is 9.36. The van der Waals surface area contributed by atoms with E-state index in [0.717, 1.165) is 0 Å². The normalized spacial score (nSPS) is 14.2. The van der Waals surface area contributed by atoms with Crippen molar-refractivity contribution in [2.24, 2.45) is 0 Å². The van der Waals surface area contributed by atoms with E-state index in [0.29, 0.717) is 0 Å². The molecule has 2 heterocycles. The van der Waals surface area contributed by atoms with Crippen LogP contribution in [0.2, 0.25) is 0 Å². The van der Waals surface area contributed by atoms with E-state index in [2.05, 4.69) is 165 Å². The van der Waals surface area contributed by atoms with E-state index in [1.165, 1.54) is 72.4 Å². The van der Waals surface area contributed by atoms with Crippen LogP contribution in [0.1, 0.15) is 38.9 Å². The van der Waals surface area contributed by atoms with Crippen LogP contribution < -0.4 is 21.3 Å². The molecular formula is C40H32BN. The molecule has 200 valence electrons. The molecule has 1 nitrogen and oxygen atoms in total. The number of anilines is 3. The lowest BCUT2D eigenvalue weighted by Crippen LogP contribution is -2.63. The average molecular weight is 538 g/mol. The number of rotatable bonds is 2. The molecule has 0 aliphatic carbocycles. The van der Waals surface area contributed by atoms with Crippen molar-refractivity contribution in [3.05, 3.63) is 178 Å². The molecule has 0 amide bonds. The second-order valence-electron chi connectivity index (χ2n) is 11.9. The van der Waals surface area contributed by atoms with Gasteiger partial charge in [0.2, 0.25) is 6.71 Å². The third kappa shape index (κ3) is 3.33. The van der Waals surface area contributed by atoms with E-state index in [4.69, 9.17) is 0 Å². The van der Waals surface area contributed by atoms with Gasteiger partial charge in [-0.3, -0.25) is 0 Å². The predicted molar refractivity (Wildman–Crippen MR) is 178 cm³/mol. The zero-order valence-electron chi connectivity index (χ0n) is 24.3. The fraction of sp³-hybridized carbons (Fsp3) is 0.100. The van der Waals surface area contributed by atoms with Gasteiger partial charge in [-0.2, -0.15) is 0 Å². The van der Waals surface area contributed by atoms with Gasteiger partial charge in [-0.15, -0.1) is 0 Å². The molecule has 0 radical (unpaired) electrons. The Balaban J connectivity index is 1.52. The van der Waals surface area contributed by atoms with Crippen LogP contribution >= 0.6 is 0 Å². The highest BCUT2D eigenvalue weighted by atomic mass is 15.2. The first-order valence-electron chi connectivity index (χ1n) is 14.9. The summed E-state index contributed by atoms with van der Waals surface area (Å²) >= 11 is 0. The smallest absolute Gasteiger partial charge is 0.242 e. The van der Waals surface area contributed by atoms with Crippen LogP contribution in [0.15, 0.2) is 140 Å². The Bertz CT molecular complexity index is 1870. The highest BCUT2D eigenvalue weighted by Gasteiger charge is 2.52. The minimum absolute atomic E-state index is 0.162. The molecule has 0 fully saturated rings. The number of hydrogen-bond donors (Lipinski definition) is 0. The van der Waals surface area contributed by atoms with E-state index in [-0.39, 0.29) is 6.71 Å². The largest absolute Gasteiger partial charge is 0.310 e. The summed E-state index contributed by atoms with van der Waals surface area (Å²) in [5.74, 6) is 0. The van der Waals surface area contributed by atoms with E-state index >= 15 is 0 Å². The van der Waals surface area contributed by atoms with Gasteiger partial charge in [-0.1, -0.05) is 148 Å². The van der Waals surface area contributed by atoms with Gasteiger partial charge in [0.05, 0.1) is 16.8 Å². The molecule has 2 aliphatic heterocycles. The van der Waals surface area contributed by atoms with Crippen molar-refractivity contribution in [1.29, 1.82) is 0 Å². The van der Waals surface area contributed by atoms with Gasteiger partial charge < -0.3 is 4.90 Å². The maximum Gasteiger partial charge on any atom is 0.242 e. The quantitative estimate of drug-likeness (QED) is 0.205. The summed E-state index contributed by atoms with van der Waals surface area (Å²) in [7, 11) is 0. The average Bonchev–Trinajstić information content (AvgIpc) is 3.02. The molecule has 2 heteroatoms. The van der Waals surface area contributed by atoms with Gasteiger partial charge in [0, 0.05) is 5.69 Å². The molecule has 0 N–H and O–H groups in total. The van der Waals surface area contributed by atoms with Crippen LogP contribution in [0, 0.1) is 20.8 Å². The molecule has 0 saturated carbocycles. The van der Waals surface area contributed by atoms with Gasteiger partial charge in [0.1, 0.15) is 0 Å². The van der Waals surface area contributed by atoms with Gasteiger partial charge in [0.25, 0.3) is 0 Å². The number of hydrogen-bond acceptors (Lipinski definition) is 1. The van der Waals surface area contributed by atoms with Crippen molar-refractivity contribution in [2.75, 3.05) is 4.90 Å². The molecule has 1 spiro atoms. The third-order valence-corrected chi connectivity index (χ3v) is 9.49. The van der Waals surface area contributed by atoms with Gasteiger partial charge in [-0.25, -0.2) is 0 Å². The van der Waals surface area contributed by atoms with Gasteiger partial charge >= 0.3 is 0 Å². The maximum absolute atomic E-state index is 2.45. The topological polar surface area (TPSA) is 3.24 Å². The van der Waals surface area contributed by atoms with Crippen molar-refractivity contribution in [2.45, 2.75) is 26.2 Å². The molecular weight excluding hydrogens is 505 g/mol. The lowest BCUT2D eigenvalue weighted by molar-refractivity contribution is 0.736. The Morgan fingerprint density at radius 3 is 1.43 bits per heavy atom. The monoisotopic (exact) mass is 537 g/mol. The van der Waals surface area contributed by atoms with Crippen molar-refractivity contribution >= 4 is 40.2 Å². The maximum atomic E-state index is 2.45. The summed E-state index contributed by atoms with van der Waals surface area (Å²) in [6, 6.07) is 52.0. The van der Waals surface area contributed by atoms with Crippen LogP contribution in [0.5, 0.6) is 0 Å². The van der Waals surface area contributed by atoms with Gasteiger partial charge in [-0.05, 0) is 67.3 Å². The lowest BCUT2D eigenvalue weighted by Gasteiger charge is -2.50. The molecule has 0 saturated heterocycles. The number of para-hydroxylation sites is 3. The first kappa shape index (κ1) is 24.9. The summed E-state index contributed by atoms with van der Waals surface area (Å²) in [6.07, 6.45) is 0. The molecule has 6 aromatic rings. The Hall–Kier alpha value is -4.82. The molecule has 0 aromatic heterocycles. The molecule has 2 aliphatic rings. The van der Waals surface area contributed by atoms with Crippen molar-refractivity contribution in [1.82, 2.24) is 0 Å². The van der Waals surface area contributed by atoms with E-state index in [9.17, 15) is 0 Å². The summed E-state index contributed by atoms with van der Waals surface area (Å²) in [4.78, 5) is 2.45. The van der Waals surface area contributed by atoms with Crippen LogP contribution in [0.4, 0.5) is 17.1 Å². The standard InChI is InChI=1S/C40H32BN/c1-27-25-28(2)39(29(3)26-27)41-35-21-11-7-17-31(35)40(32-18-8-12-22-36(32)41)33-19-9-13-23-37(33)42(30-15-5-4-6-16-30)38-24-14-10-20-34(38)40/h4-26H,1-3H3. The third-order valence-electron chi connectivity index (χ3n) is 9.49. The summed E-state index contributed by atoms with van der Waals surface area (Å²) in [5.41, 5.74) is 16.8. The minimum Gasteiger partial charge on any atom is -0.310 e. The molecule has 0 atom stereocenters.